The van der Waals surface area contributed by atoms with E-state index in [-0.39, 0.29) is 0 Å². The summed E-state index contributed by atoms with van der Waals surface area (Å²) < 4.78 is 36.4. The standard InChI is InChI=1S/C6H5F3O/c7-4-1-3(10)2-5(8)6(4)9/h1,5,10H,2H2. The molecule has 1 unspecified atom stereocenters. The van der Waals surface area contributed by atoms with Gasteiger partial charge in [0.2, 0.25) is 0 Å². The summed E-state index contributed by atoms with van der Waals surface area (Å²) in [6, 6.07) is 0. The SMILES string of the molecule is OC1=CC(F)=C(F)C(F)C1. The second-order valence-corrected chi connectivity index (χ2v) is 2.00. The van der Waals surface area contributed by atoms with Crippen LogP contribution < -0.4 is 0 Å². The zero-order chi connectivity index (χ0) is 7.72. The van der Waals surface area contributed by atoms with Crippen molar-refractivity contribution in [3.63, 3.8) is 0 Å². The molecule has 0 fully saturated rings. The molecule has 10 heavy (non-hydrogen) atoms. The molecule has 1 nitrogen and oxygen atoms in total. The van der Waals surface area contributed by atoms with Crippen molar-refractivity contribution in [1.29, 1.82) is 0 Å². The van der Waals surface area contributed by atoms with E-state index in [0.717, 1.165) is 0 Å². The van der Waals surface area contributed by atoms with E-state index >= 15 is 0 Å². The van der Waals surface area contributed by atoms with Crippen LogP contribution in [-0.4, -0.2) is 11.3 Å². The summed E-state index contributed by atoms with van der Waals surface area (Å²) in [6.45, 7) is 0. The summed E-state index contributed by atoms with van der Waals surface area (Å²) in [6.07, 6.45) is -1.92. The quantitative estimate of drug-likeness (QED) is 0.561. The maximum Gasteiger partial charge on any atom is 0.170 e. The normalized spacial score (nSPS) is 26.7. The number of aliphatic hydroxyl groups excluding tert-OH is 1. The summed E-state index contributed by atoms with van der Waals surface area (Å²) in [5.41, 5.74) is 0. The van der Waals surface area contributed by atoms with Crippen molar-refractivity contribution in [3.05, 3.63) is 23.5 Å². The van der Waals surface area contributed by atoms with Crippen LogP contribution in [0.25, 0.3) is 0 Å². The molecule has 0 aromatic heterocycles. The molecule has 1 rings (SSSR count). The third-order valence-corrected chi connectivity index (χ3v) is 1.18. The Balaban J connectivity index is 2.92. The lowest BCUT2D eigenvalue weighted by atomic mass is 10.1. The van der Waals surface area contributed by atoms with Gasteiger partial charge in [0, 0.05) is 12.5 Å². The molecule has 0 aromatic rings. The Morgan fingerprint density at radius 3 is 2.60 bits per heavy atom. The minimum absolute atomic E-state index is 0.466. The first-order valence-electron chi connectivity index (χ1n) is 2.70. The monoisotopic (exact) mass is 150 g/mol. The van der Waals surface area contributed by atoms with Crippen molar-refractivity contribution in [2.45, 2.75) is 12.6 Å². The van der Waals surface area contributed by atoms with Gasteiger partial charge in [-0.25, -0.2) is 13.2 Å². The third kappa shape index (κ3) is 1.15. The molecular weight excluding hydrogens is 145 g/mol. The zero-order valence-electron chi connectivity index (χ0n) is 4.94. The molecule has 0 aromatic carbocycles. The van der Waals surface area contributed by atoms with Crippen LogP contribution in [0.5, 0.6) is 0 Å². The maximum absolute atomic E-state index is 12.2. The molecule has 1 N–H and O–H groups in total. The number of allylic oxidation sites excluding steroid dienone is 4. The molecule has 0 saturated carbocycles. The predicted octanol–water partition coefficient (Wildman–Crippen LogP) is 2.32. The fourth-order valence-electron chi connectivity index (χ4n) is 0.697. The molecular formula is C6H5F3O. The lowest BCUT2D eigenvalue weighted by molar-refractivity contribution is 0.261. The van der Waals surface area contributed by atoms with Gasteiger partial charge in [-0.15, -0.1) is 0 Å². The Morgan fingerprint density at radius 2 is 2.10 bits per heavy atom. The number of hydrogen-bond donors (Lipinski definition) is 1. The lowest BCUT2D eigenvalue weighted by Gasteiger charge is -2.09. The highest BCUT2D eigenvalue weighted by Crippen LogP contribution is 2.26. The molecule has 1 aliphatic carbocycles. The molecule has 0 heterocycles. The minimum Gasteiger partial charge on any atom is -0.512 e. The van der Waals surface area contributed by atoms with E-state index in [0.29, 0.717) is 6.08 Å². The molecule has 56 valence electrons. The highest BCUT2D eigenvalue weighted by Gasteiger charge is 2.23. The summed E-state index contributed by atoms with van der Waals surface area (Å²) in [5.74, 6) is -3.22. The van der Waals surface area contributed by atoms with Gasteiger partial charge >= 0.3 is 0 Å². The van der Waals surface area contributed by atoms with E-state index in [2.05, 4.69) is 0 Å². The lowest BCUT2D eigenvalue weighted by Crippen LogP contribution is -2.08. The van der Waals surface area contributed by atoms with E-state index in [4.69, 9.17) is 5.11 Å². The summed E-state index contributed by atoms with van der Waals surface area (Å²) in [7, 11) is 0. The van der Waals surface area contributed by atoms with Crippen molar-refractivity contribution < 1.29 is 18.3 Å². The maximum atomic E-state index is 12.2. The van der Waals surface area contributed by atoms with Gasteiger partial charge in [-0.1, -0.05) is 0 Å². The molecule has 1 aliphatic rings. The Bertz CT molecular complexity index is 207. The second kappa shape index (κ2) is 2.36. The van der Waals surface area contributed by atoms with Gasteiger partial charge in [-0.05, 0) is 0 Å². The average molecular weight is 150 g/mol. The molecule has 0 aliphatic heterocycles. The van der Waals surface area contributed by atoms with E-state index in [1.165, 1.54) is 0 Å². The number of rotatable bonds is 0. The van der Waals surface area contributed by atoms with Crippen LogP contribution in [0.3, 0.4) is 0 Å². The summed E-state index contributed by atoms with van der Waals surface area (Å²) in [5, 5.41) is 8.55. The van der Waals surface area contributed by atoms with Gasteiger partial charge in [0.1, 0.15) is 0 Å². The Hall–Kier alpha value is -0.930. The minimum atomic E-state index is -2.02. The number of hydrogen-bond acceptors (Lipinski definition) is 1. The molecule has 4 heteroatoms. The van der Waals surface area contributed by atoms with Crippen molar-refractivity contribution in [2.75, 3.05) is 0 Å². The first kappa shape index (κ1) is 7.18. The van der Waals surface area contributed by atoms with E-state index in [1.807, 2.05) is 0 Å². The van der Waals surface area contributed by atoms with Gasteiger partial charge < -0.3 is 5.11 Å². The van der Waals surface area contributed by atoms with E-state index in [9.17, 15) is 13.2 Å². The van der Waals surface area contributed by atoms with Gasteiger partial charge in [0.05, 0.1) is 5.76 Å². The third-order valence-electron chi connectivity index (χ3n) is 1.18. The van der Waals surface area contributed by atoms with Crippen molar-refractivity contribution in [3.8, 4) is 0 Å². The van der Waals surface area contributed by atoms with Crippen molar-refractivity contribution in [1.82, 2.24) is 0 Å². The average Bonchev–Trinajstić information content (AvgIpc) is 1.82. The predicted molar refractivity (Wildman–Crippen MR) is 29.5 cm³/mol. The molecule has 0 saturated heterocycles. The van der Waals surface area contributed by atoms with Gasteiger partial charge in [-0.2, -0.15) is 0 Å². The molecule has 0 spiro atoms. The summed E-state index contributed by atoms with van der Waals surface area (Å²) in [4.78, 5) is 0. The van der Waals surface area contributed by atoms with Crippen LogP contribution in [0.1, 0.15) is 6.42 Å². The van der Waals surface area contributed by atoms with Gasteiger partial charge in [0.25, 0.3) is 0 Å². The van der Waals surface area contributed by atoms with Crippen LogP contribution in [0.4, 0.5) is 13.2 Å². The molecule has 0 amide bonds. The molecule has 1 atom stereocenters. The van der Waals surface area contributed by atoms with Crippen LogP contribution >= 0.6 is 0 Å². The largest absolute Gasteiger partial charge is 0.512 e. The number of halogens is 3. The fraction of sp³-hybridized carbons (Fsp3) is 0.333. The van der Waals surface area contributed by atoms with Crippen molar-refractivity contribution >= 4 is 0 Å². The van der Waals surface area contributed by atoms with Crippen LogP contribution in [-0.2, 0) is 0 Å². The van der Waals surface area contributed by atoms with Crippen LogP contribution in [0, 0.1) is 0 Å². The first-order valence-corrected chi connectivity index (χ1v) is 2.70. The highest BCUT2D eigenvalue weighted by atomic mass is 19.2. The Morgan fingerprint density at radius 1 is 1.50 bits per heavy atom. The Kier molecular flexibility index (Phi) is 1.70. The van der Waals surface area contributed by atoms with E-state index < -0.39 is 30.0 Å². The second-order valence-electron chi connectivity index (χ2n) is 2.00. The Labute approximate surface area is 55.5 Å². The zero-order valence-corrected chi connectivity index (χ0v) is 4.94. The smallest absolute Gasteiger partial charge is 0.170 e. The van der Waals surface area contributed by atoms with Gasteiger partial charge in [0.15, 0.2) is 17.8 Å². The number of aliphatic hydroxyl groups is 1. The van der Waals surface area contributed by atoms with Gasteiger partial charge in [-0.3, -0.25) is 0 Å². The molecule has 0 bridgehead atoms. The van der Waals surface area contributed by atoms with Crippen molar-refractivity contribution in [2.24, 2.45) is 0 Å². The fourth-order valence-corrected chi connectivity index (χ4v) is 0.697. The first-order chi connectivity index (χ1) is 4.61. The topological polar surface area (TPSA) is 20.2 Å². The van der Waals surface area contributed by atoms with Crippen LogP contribution in [0.2, 0.25) is 0 Å². The van der Waals surface area contributed by atoms with E-state index in [1.54, 1.807) is 0 Å². The highest BCUT2D eigenvalue weighted by molar-refractivity contribution is 5.25. The molecule has 0 radical (unpaired) electrons. The number of alkyl halides is 1. The van der Waals surface area contributed by atoms with Crippen LogP contribution in [0.15, 0.2) is 23.5 Å². The summed E-state index contributed by atoms with van der Waals surface area (Å²) >= 11 is 0.